The molecule has 36 heavy (non-hydrogen) atoms. The highest BCUT2D eigenvalue weighted by atomic mass is 32.1. The minimum atomic E-state index is -0.0867. The van der Waals surface area contributed by atoms with Gasteiger partial charge in [0.15, 0.2) is 5.01 Å². The number of amides is 2. The van der Waals surface area contributed by atoms with Crippen molar-refractivity contribution in [1.82, 2.24) is 24.6 Å². The second kappa shape index (κ2) is 9.85. The van der Waals surface area contributed by atoms with Gasteiger partial charge in [-0.25, -0.2) is 9.97 Å². The Morgan fingerprint density at radius 2 is 1.83 bits per heavy atom. The second-order valence-electron chi connectivity index (χ2n) is 9.69. The van der Waals surface area contributed by atoms with E-state index in [-0.39, 0.29) is 11.8 Å². The maximum absolute atomic E-state index is 13.0. The summed E-state index contributed by atoms with van der Waals surface area (Å²) >= 11 is 1.60. The lowest BCUT2D eigenvalue weighted by molar-refractivity contribution is 0.0712. The Bertz CT molecular complexity index is 1380. The number of carbonyl (C=O) groups excluding carboxylic acids is 2. The van der Waals surface area contributed by atoms with E-state index in [0.29, 0.717) is 23.0 Å². The highest BCUT2D eigenvalue weighted by Crippen LogP contribution is 2.31. The van der Waals surface area contributed by atoms with Crippen LogP contribution in [0.1, 0.15) is 73.5 Å². The van der Waals surface area contributed by atoms with E-state index in [1.807, 2.05) is 46.0 Å². The molecule has 4 aromatic rings. The third-order valence-electron chi connectivity index (χ3n) is 7.37. The van der Waals surface area contributed by atoms with Crippen LogP contribution in [-0.4, -0.2) is 44.2 Å². The zero-order valence-corrected chi connectivity index (χ0v) is 21.0. The lowest BCUT2D eigenvalue weighted by Gasteiger charge is -2.31. The molecule has 3 aromatic heterocycles. The molecule has 0 saturated carbocycles. The molecule has 0 bridgehead atoms. The van der Waals surface area contributed by atoms with Gasteiger partial charge in [-0.3, -0.25) is 9.59 Å². The number of rotatable bonds is 5. The molecule has 1 aromatic carbocycles. The fourth-order valence-corrected chi connectivity index (χ4v) is 6.37. The van der Waals surface area contributed by atoms with Gasteiger partial charge in [0.05, 0.1) is 5.69 Å². The molecular weight excluding hydrogens is 470 g/mol. The minimum Gasteiger partial charge on any atom is -0.348 e. The van der Waals surface area contributed by atoms with Crippen molar-refractivity contribution in [2.45, 2.75) is 51.0 Å². The zero-order valence-electron chi connectivity index (χ0n) is 20.2. The molecule has 1 saturated heterocycles. The summed E-state index contributed by atoms with van der Waals surface area (Å²) in [4.78, 5) is 37.9. The average molecular weight is 500 g/mol. The number of imidazole rings is 1. The Kier molecular flexibility index (Phi) is 6.27. The molecule has 1 N–H and O–H groups in total. The van der Waals surface area contributed by atoms with Crippen LogP contribution >= 0.6 is 11.3 Å². The molecule has 184 valence electrons. The SMILES string of the molecule is O=C(NCc1ccn2ccnc2c1)c1ccc(C2CCN(C(=O)c3nc4c(s3)CCCC4)CC2)cc1. The fraction of sp³-hybridized carbons (Fsp3) is 0.357. The van der Waals surface area contributed by atoms with Gasteiger partial charge in [0.2, 0.25) is 0 Å². The molecule has 2 amide bonds. The van der Waals surface area contributed by atoms with Crippen LogP contribution in [0.5, 0.6) is 0 Å². The number of carbonyl (C=O) groups is 2. The van der Waals surface area contributed by atoms with Crippen molar-refractivity contribution in [1.29, 1.82) is 0 Å². The quantitative estimate of drug-likeness (QED) is 0.435. The Morgan fingerprint density at radius 3 is 2.64 bits per heavy atom. The molecule has 1 aliphatic heterocycles. The molecule has 1 fully saturated rings. The van der Waals surface area contributed by atoms with Gasteiger partial charge in [0.1, 0.15) is 5.65 Å². The van der Waals surface area contributed by atoms with Crippen LogP contribution in [0.3, 0.4) is 0 Å². The van der Waals surface area contributed by atoms with E-state index in [9.17, 15) is 9.59 Å². The van der Waals surface area contributed by atoms with Gasteiger partial charge in [-0.05, 0) is 79.8 Å². The standard InChI is InChI=1S/C28H29N5O2S/c34-26(30-18-19-9-13-32-16-12-29-25(32)17-19)22-7-5-20(6-8-22)21-10-14-33(15-11-21)28(35)27-31-23-3-1-2-4-24(23)36-27/h5-9,12-13,16-17,21H,1-4,10-11,14-15,18H2,(H,30,34). The van der Waals surface area contributed by atoms with Gasteiger partial charge in [0, 0.05) is 48.7 Å². The predicted octanol–water partition coefficient (Wildman–Crippen LogP) is 4.62. The molecule has 2 aliphatic rings. The van der Waals surface area contributed by atoms with Crippen molar-refractivity contribution in [3.8, 4) is 0 Å². The van der Waals surface area contributed by atoms with Gasteiger partial charge >= 0.3 is 0 Å². The number of likely N-dealkylation sites (tertiary alicyclic amines) is 1. The highest BCUT2D eigenvalue weighted by molar-refractivity contribution is 7.13. The number of hydrogen-bond acceptors (Lipinski definition) is 5. The number of fused-ring (bicyclic) bond motifs is 2. The number of aromatic nitrogens is 3. The monoisotopic (exact) mass is 499 g/mol. The largest absolute Gasteiger partial charge is 0.348 e. The van der Waals surface area contributed by atoms with Crippen LogP contribution < -0.4 is 5.32 Å². The summed E-state index contributed by atoms with van der Waals surface area (Å²) in [5, 5.41) is 3.66. The fourth-order valence-electron chi connectivity index (χ4n) is 5.25. The number of thiazole rings is 1. The summed E-state index contributed by atoms with van der Waals surface area (Å²) in [5.74, 6) is 0.403. The Balaban J connectivity index is 1.02. The summed E-state index contributed by atoms with van der Waals surface area (Å²) in [5.41, 5.74) is 4.91. The van der Waals surface area contributed by atoms with Gasteiger partial charge < -0.3 is 14.6 Å². The smallest absolute Gasteiger partial charge is 0.282 e. The molecular formula is C28H29N5O2S. The van der Waals surface area contributed by atoms with Crippen molar-refractivity contribution < 1.29 is 9.59 Å². The summed E-state index contributed by atoms with van der Waals surface area (Å²) < 4.78 is 1.94. The molecule has 0 unspecified atom stereocenters. The first-order valence-corrected chi connectivity index (χ1v) is 13.5. The van der Waals surface area contributed by atoms with Crippen LogP contribution in [0, 0.1) is 0 Å². The Labute approximate surface area is 214 Å². The molecule has 1 aliphatic carbocycles. The lowest BCUT2D eigenvalue weighted by atomic mass is 9.89. The van der Waals surface area contributed by atoms with Crippen molar-refractivity contribution in [2.24, 2.45) is 0 Å². The van der Waals surface area contributed by atoms with Gasteiger partial charge in [0.25, 0.3) is 11.8 Å². The summed E-state index contributed by atoms with van der Waals surface area (Å²) in [7, 11) is 0. The van der Waals surface area contributed by atoms with E-state index in [2.05, 4.69) is 27.4 Å². The van der Waals surface area contributed by atoms with Crippen LogP contribution in [0.15, 0.2) is 55.0 Å². The van der Waals surface area contributed by atoms with Crippen molar-refractivity contribution >= 4 is 28.8 Å². The topological polar surface area (TPSA) is 79.6 Å². The first kappa shape index (κ1) is 22.9. The van der Waals surface area contributed by atoms with Crippen LogP contribution in [-0.2, 0) is 19.4 Å². The van der Waals surface area contributed by atoms with Gasteiger partial charge in [-0.2, -0.15) is 0 Å². The predicted molar refractivity (Wildman–Crippen MR) is 139 cm³/mol. The van der Waals surface area contributed by atoms with E-state index in [1.165, 1.54) is 23.3 Å². The van der Waals surface area contributed by atoms with E-state index in [0.717, 1.165) is 55.7 Å². The van der Waals surface area contributed by atoms with Gasteiger partial charge in [-0.15, -0.1) is 11.3 Å². The number of benzene rings is 1. The molecule has 0 atom stereocenters. The van der Waals surface area contributed by atoms with Crippen molar-refractivity contribution in [2.75, 3.05) is 13.1 Å². The van der Waals surface area contributed by atoms with Crippen LogP contribution in [0.2, 0.25) is 0 Å². The number of aryl methyl sites for hydroxylation is 2. The summed E-state index contributed by atoms with van der Waals surface area (Å²) in [6.45, 7) is 1.95. The average Bonchev–Trinajstić information content (AvgIpc) is 3.58. The number of hydrogen-bond donors (Lipinski definition) is 1. The molecule has 4 heterocycles. The van der Waals surface area contributed by atoms with E-state index < -0.39 is 0 Å². The minimum absolute atomic E-state index is 0.0867. The van der Waals surface area contributed by atoms with E-state index >= 15 is 0 Å². The Hall–Kier alpha value is -3.52. The number of nitrogens with zero attached hydrogens (tertiary/aromatic N) is 4. The maximum atomic E-state index is 13.0. The van der Waals surface area contributed by atoms with Crippen molar-refractivity contribution in [3.63, 3.8) is 0 Å². The first-order chi connectivity index (χ1) is 17.6. The van der Waals surface area contributed by atoms with Crippen LogP contribution in [0.25, 0.3) is 5.65 Å². The number of pyridine rings is 1. The molecule has 7 nitrogen and oxygen atoms in total. The van der Waals surface area contributed by atoms with Gasteiger partial charge in [-0.1, -0.05) is 12.1 Å². The third-order valence-corrected chi connectivity index (χ3v) is 8.52. The van der Waals surface area contributed by atoms with E-state index in [1.54, 1.807) is 17.5 Å². The molecule has 8 heteroatoms. The zero-order chi connectivity index (χ0) is 24.5. The molecule has 0 spiro atoms. The molecule has 0 radical (unpaired) electrons. The van der Waals surface area contributed by atoms with Crippen molar-refractivity contribution in [3.05, 3.63) is 87.3 Å². The summed E-state index contributed by atoms with van der Waals surface area (Å²) in [6, 6.07) is 11.9. The third kappa shape index (κ3) is 4.65. The number of piperidine rings is 1. The lowest BCUT2D eigenvalue weighted by Crippen LogP contribution is -2.37. The maximum Gasteiger partial charge on any atom is 0.282 e. The summed E-state index contributed by atoms with van der Waals surface area (Å²) in [6.07, 6.45) is 11.9. The highest BCUT2D eigenvalue weighted by Gasteiger charge is 2.28. The normalized spacial score (nSPS) is 16.2. The van der Waals surface area contributed by atoms with Crippen LogP contribution in [0.4, 0.5) is 0 Å². The van der Waals surface area contributed by atoms with E-state index in [4.69, 9.17) is 0 Å². The first-order valence-electron chi connectivity index (χ1n) is 12.7. The number of nitrogens with one attached hydrogen (secondary N) is 1. The molecule has 6 rings (SSSR count). The Morgan fingerprint density at radius 1 is 1.03 bits per heavy atom. The second-order valence-corrected chi connectivity index (χ2v) is 10.8.